The Bertz CT molecular complexity index is 1020. The van der Waals surface area contributed by atoms with E-state index in [4.69, 9.17) is 9.47 Å². The van der Waals surface area contributed by atoms with Gasteiger partial charge in [0.25, 0.3) is 0 Å². The standard InChI is InChI=1S/C28H34N2O5/c31-26-17-16-23-24(29-26)13-7-14-25(23)34-19-8-15-27(32)30(22-11-5-2-6-12-22)18-20-35-28(33)21-9-3-1-4-10-21/h1,3-4,7,9-10,13-14,22H,2,5-6,8,11-12,15-20H2,(H,29,31). The third-order valence-electron chi connectivity index (χ3n) is 6.71. The molecular weight excluding hydrogens is 444 g/mol. The van der Waals surface area contributed by atoms with Gasteiger partial charge in [-0.15, -0.1) is 0 Å². The normalized spacial score (nSPS) is 15.6. The van der Waals surface area contributed by atoms with Crippen molar-refractivity contribution < 1.29 is 23.9 Å². The molecule has 35 heavy (non-hydrogen) atoms. The third-order valence-corrected chi connectivity index (χ3v) is 6.71. The lowest BCUT2D eigenvalue weighted by Crippen LogP contribution is -2.43. The first-order valence-electron chi connectivity index (χ1n) is 12.7. The van der Waals surface area contributed by atoms with Crippen LogP contribution in [0.3, 0.4) is 0 Å². The zero-order valence-corrected chi connectivity index (χ0v) is 20.2. The molecule has 4 rings (SSSR count). The van der Waals surface area contributed by atoms with E-state index in [0.29, 0.717) is 44.4 Å². The summed E-state index contributed by atoms with van der Waals surface area (Å²) in [6.07, 6.45) is 7.54. The van der Waals surface area contributed by atoms with Crippen LogP contribution in [0, 0.1) is 0 Å². The molecule has 1 saturated carbocycles. The Hall–Kier alpha value is -3.35. The van der Waals surface area contributed by atoms with E-state index in [1.807, 2.05) is 29.2 Å². The largest absolute Gasteiger partial charge is 0.493 e. The molecule has 0 spiro atoms. The lowest BCUT2D eigenvalue weighted by atomic mass is 9.94. The van der Waals surface area contributed by atoms with Crippen molar-refractivity contribution in [3.8, 4) is 5.75 Å². The first-order chi connectivity index (χ1) is 17.1. The van der Waals surface area contributed by atoms with E-state index in [1.165, 1.54) is 6.42 Å². The quantitative estimate of drug-likeness (QED) is 0.394. The van der Waals surface area contributed by atoms with E-state index in [2.05, 4.69) is 5.32 Å². The number of benzene rings is 2. The van der Waals surface area contributed by atoms with Gasteiger partial charge in [0.05, 0.1) is 18.7 Å². The summed E-state index contributed by atoms with van der Waals surface area (Å²) in [5.41, 5.74) is 2.34. The Morgan fingerprint density at radius 2 is 1.74 bits per heavy atom. The summed E-state index contributed by atoms with van der Waals surface area (Å²) in [5, 5.41) is 2.88. The average molecular weight is 479 g/mol. The van der Waals surface area contributed by atoms with Crippen molar-refractivity contribution in [1.82, 2.24) is 4.90 Å². The van der Waals surface area contributed by atoms with Crippen LogP contribution in [0.25, 0.3) is 0 Å². The smallest absolute Gasteiger partial charge is 0.338 e. The second-order valence-corrected chi connectivity index (χ2v) is 9.16. The number of carbonyl (C=O) groups excluding carboxylic acids is 3. The van der Waals surface area contributed by atoms with Crippen LogP contribution in [-0.2, 0) is 20.7 Å². The second kappa shape index (κ2) is 12.4. The molecule has 0 atom stereocenters. The molecule has 186 valence electrons. The van der Waals surface area contributed by atoms with Crippen molar-refractivity contribution >= 4 is 23.5 Å². The molecule has 2 amide bonds. The summed E-state index contributed by atoms with van der Waals surface area (Å²) >= 11 is 0. The Morgan fingerprint density at radius 3 is 2.54 bits per heavy atom. The van der Waals surface area contributed by atoms with Crippen LogP contribution in [0.15, 0.2) is 48.5 Å². The molecule has 0 radical (unpaired) electrons. The van der Waals surface area contributed by atoms with Gasteiger partial charge in [-0.25, -0.2) is 4.79 Å². The molecule has 1 heterocycles. The minimum absolute atomic E-state index is 0.0255. The third kappa shape index (κ3) is 6.84. The maximum absolute atomic E-state index is 13.2. The summed E-state index contributed by atoms with van der Waals surface area (Å²) in [5.74, 6) is 0.514. The lowest BCUT2D eigenvalue weighted by molar-refractivity contribution is -0.135. The molecule has 0 aromatic heterocycles. The number of nitrogens with zero attached hydrogens (tertiary/aromatic N) is 1. The fourth-order valence-electron chi connectivity index (χ4n) is 4.87. The van der Waals surface area contributed by atoms with Gasteiger partial charge in [0.15, 0.2) is 0 Å². The van der Waals surface area contributed by atoms with E-state index >= 15 is 0 Å². The Kier molecular flexibility index (Phi) is 8.76. The van der Waals surface area contributed by atoms with Gasteiger partial charge in [0.1, 0.15) is 12.4 Å². The number of ether oxygens (including phenoxy) is 2. The molecule has 1 fully saturated rings. The fraction of sp³-hybridized carbons (Fsp3) is 0.464. The van der Waals surface area contributed by atoms with Gasteiger partial charge in [0.2, 0.25) is 11.8 Å². The van der Waals surface area contributed by atoms with Gasteiger partial charge in [-0.2, -0.15) is 0 Å². The average Bonchev–Trinajstić information content (AvgIpc) is 2.89. The maximum atomic E-state index is 13.2. The summed E-state index contributed by atoms with van der Waals surface area (Å²) in [4.78, 5) is 39.0. The monoisotopic (exact) mass is 478 g/mol. The zero-order valence-electron chi connectivity index (χ0n) is 20.2. The predicted octanol–water partition coefficient (Wildman–Crippen LogP) is 4.75. The molecule has 0 saturated heterocycles. The summed E-state index contributed by atoms with van der Waals surface area (Å²) < 4.78 is 11.4. The van der Waals surface area contributed by atoms with Crippen LogP contribution < -0.4 is 10.1 Å². The molecular formula is C28H34N2O5. The summed E-state index contributed by atoms with van der Waals surface area (Å²) in [6, 6.07) is 14.8. The highest BCUT2D eigenvalue weighted by atomic mass is 16.5. The number of nitrogens with one attached hydrogen (secondary N) is 1. The number of esters is 1. The Labute approximate surface area is 206 Å². The molecule has 0 bridgehead atoms. The SMILES string of the molecule is O=C1CCc2c(cccc2OCCCC(=O)N(CCOC(=O)c2ccccc2)C2CCCCC2)N1. The fourth-order valence-corrected chi connectivity index (χ4v) is 4.87. The molecule has 1 N–H and O–H groups in total. The predicted molar refractivity (Wildman–Crippen MR) is 133 cm³/mol. The number of hydrogen-bond donors (Lipinski definition) is 1. The van der Waals surface area contributed by atoms with E-state index in [1.54, 1.807) is 24.3 Å². The topological polar surface area (TPSA) is 84.9 Å². The number of anilines is 1. The molecule has 1 aliphatic carbocycles. The van der Waals surface area contributed by atoms with E-state index in [9.17, 15) is 14.4 Å². The van der Waals surface area contributed by atoms with Gasteiger partial charge < -0.3 is 19.7 Å². The lowest BCUT2D eigenvalue weighted by Gasteiger charge is -2.34. The molecule has 2 aromatic rings. The van der Waals surface area contributed by atoms with Crippen LogP contribution in [-0.4, -0.2) is 48.5 Å². The number of hydrogen-bond acceptors (Lipinski definition) is 5. The molecule has 2 aliphatic rings. The van der Waals surface area contributed by atoms with Crippen LogP contribution in [0.4, 0.5) is 5.69 Å². The van der Waals surface area contributed by atoms with E-state index < -0.39 is 0 Å². The van der Waals surface area contributed by atoms with Gasteiger partial charge in [0, 0.05) is 30.1 Å². The first kappa shape index (κ1) is 24.8. The van der Waals surface area contributed by atoms with Crippen LogP contribution >= 0.6 is 0 Å². The molecule has 1 aliphatic heterocycles. The number of fused-ring (bicyclic) bond motifs is 1. The highest BCUT2D eigenvalue weighted by Crippen LogP contribution is 2.31. The molecule has 7 heteroatoms. The number of rotatable bonds is 10. The van der Waals surface area contributed by atoms with Crippen molar-refractivity contribution in [3.63, 3.8) is 0 Å². The van der Waals surface area contributed by atoms with Crippen molar-refractivity contribution in [2.45, 2.75) is 63.8 Å². The summed E-state index contributed by atoms with van der Waals surface area (Å²) in [7, 11) is 0. The van der Waals surface area contributed by atoms with Crippen molar-refractivity contribution in [1.29, 1.82) is 0 Å². The highest BCUT2D eigenvalue weighted by Gasteiger charge is 2.25. The van der Waals surface area contributed by atoms with Crippen LogP contribution in [0.1, 0.15) is 67.3 Å². The molecule has 2 aromatic carbocycles. The maximum Gasteiger partial charge on any atom is 0.338 e. The van der Waals surface area contributed by atoms with Crippen molar-refractivity contribution in [3.05, 3.63) is 59.7 Å². The summed E-state index contributed by atoms with van der Waals surface area (Å²) in [6.45, 7) is 1.03. The minimum Gasteiger partial charge on any atom is -0.493 e. The van der Waals surface area contributed by atoms with Gasteiger partial charge in [-0.3, -0.25) is 9.59 Å². The Morgan fingerprint density at radius 1 is 0.943 bits per heavy atom. The van der Waals surface area contributed by atoms with Gasteiger partial charge >= 0.3 is 5.97 Å². The highest BCUT2D eigenvalue weighted by molar-refractivity contribution is 5.94. The Balaban J connectivity index is 1.27. The van der Waals surface area contributed by atoms with Crippen molar-refractivity contribution in [2.24, 2.45) is 0 Å². The minimum atomic E-state index is -0.363. The zero-order chi connectivity index (χ0) is 24.5. The molecule has 0 unspecified atom stereocenters. The van der Waals surface area contributed by atoms with Gasteiger partial charge in [-0.1, -0.05) is 43.5 Å². The number of carbonyl (C=O) groups is 3. The van der Waals surface area contributed by atoms with Crippen LogP contribution in [0.2, 0.25) is 0 Å². The van der Waals surface area contributed by atoms with Crippen LogP contribution in [0.5, 0.6) is 5.75 Å². The van der Waals surface area contributed by atoms with Gasteiger partial charge in [-0.05, 0) is 49.9 Å². The van der Waals surface area contributed by atoms with E-state index in [0.717, 1.165) is 42.7 Å². The van der Waals surface area contributed by atoms with Crippen molar-refractivity contribution in [2.75, 3.05) is 25.1 Å². The van der Waals surface area contributed by atoms with E-state index in [-0.39, 0.29) is 30.4 Å². The second-order valence-electron chi connectivity index (χ2n) is 9.16. The first-order valence-corrected chi connectivity index (χ1v) is 12.7. The number of amides is 2. The molecule has 7 nitrogen and oxygen atoms in total.